The number of hydrogen-bond acceptors (Lipinski definition) is 4. The van der Waals surface area contributed by atoms with Crippen molar-refractivity contribution < 1.29 is 9.53 Å². The van der Waals surface area contributed by atoms with Crippen LogP contribution in [0.3, 0.4) is 0 Å². The highest BCUT2D eigenvalue weighted by Crippen LogP contribution is 2.22. The summed E-state index contributed by atoms with van der Waals surface area (Å²) in [6, 6.07) is 14.1. The van der Waals surface area contributed by atoms with E-state index in [0.29, 0.717) is 6.61 Å². The second kappa shape index (κ2) is 8.53. The van der Waals surface area contributed by atoms with E-state index in [2.05, 4.69) is 22.0 Å². The number of piperidine rings is 1. The smallest absolute Gasteiger partial charge is 0.254 e. The summed E-state index contributed by atoms with van der Waals surface area (Å²) in [7, 11) is 0. The molecule has 5 nitrogen and oxygen atoms in total. The van der Waals surface area contributed by atoms with Crippen molar-refractivity contribution in [2.75, 3.05) is 31.1 Å². The number of aromatic nitrogens is 1. The molecule has 5 heteroatoms. The standard InChI is InChI=1S/C22H27N3O2/c26-22(25-12-4-5-13-25)19-8-11-23-21(16-19)24-14-9-20(10-15-24)27-17-18-6-2-1-3-7-18/h1-3,6-8,11,16,20H,4-5,9-10,12-15,17H2. The summed E-state index contributed by atoms with van der Waals surface area (Å²) in [5, 5.41) is 0. The molecule has 0 bridgehead atoms. The van der Waals surface area contributed by atoms with Crippen LogP contribution < -0.4 is 4.90 Å². The zero-order chi connectivity index (χ0) is 18.5. The molecule has 142 valence electrons. The third-order valence-corrected chi connectivity index (χ3v) is 5.48. The lowest BCUT2D eigenvalue weighted by Gasteiger charge is -2.33. The van der Waals surface area contributed by atoms with Gasteiger partial charge >= 0.3 is 0 Å². The molecule has 2 fully saturated rings. The van der Waals surface area contributed by atoms with Crippen molar-refractivity contribution in [3.8, 4) is 0 Å². The summed E-state index contributed by atoms with van der Waals surface area (Å²) < 4.78 is 6.07. The fourth-order valence-corrected chi connectivity index (χ4v) is 3.87. The Morgan fingerprint density at radius 3 is 2.52 bits per heavy atom. The number of pyridine rings is 1. The van der Waals surface area contributed by atoms with Crippen LogP contribution in [0, 0.1) is 0 Å². The number of hydrogen-bond donors (Lipinski definition) is 0. The molecule has 0 N–H and O–H groups in total. The van der Waals surface area contributed by atoms with E-state index in [9.17, 15) is 4.79 Å². The van der Waals surface area contributed by atoms with E-state index < -0.39 is 0 Å². The lowest BCUT2D eigenvalue weighted by Crippen LogP contribution is -2.37. The number of benzene rings is 1. The fraction of sp³-hybridized carbons (Fsp3) is 0.455. The number of ether oxygens (including phenoxy) is 1. The lowest BCUT2D eigenvalue weighted by atomic mass is 10.1. The highest BCUT2D eigenvalue weighted by atomic mass is 16.5. The summed E-state index contributed by atoms with van der Waals surface area (Å²) in [4.78, 5) is 21.3. The maximum absolute atomic E-state index is 12.6. The van der Waals surface area contributed by atoms with Crippen LogP contribution in [0.5, 0.6) is 0 Å². The minimum absolute atomic E-state index is 0.136. The van der Waals surface area contributed by atoms with Gasteiger partial charge in [-0.3, -0.25) is 4.79 Å². The van der Waals surface area contributed by atoms with Gasteiger partial charge in [0.25, 0.3) is 5.91 Å². The van der Waals surface area contributed by atoms with Gasteiger partial charge in [-0.25, -0.2) is 4.98 Å². The number of nitrogens with zero attached hydrogens (tertiary/aromatic N) is 3. The average Bonchev–Trinajstić information content (AvgIpc) is 3.28. The van der Waals surface area contributed by atoms with E-state index in [4.69, 9.17) is 4.74 Å². The number of amides is 1. The number of anilines is 1. The predicted octanol–water partition coefficient (Wildman–Crippen LogP) is 3.50. The quantitative estimate of drug-likeness (QED) is 0.814. The van der Waals surface area contributed by atoms with Gasteiger partial charge in [-0.05, 0) is 43.4 Å². The van der Waals surface area contributed by atoms with Crippen molar-refractivity contribution in [1.82, 2.24) is 9.88 Å². The largest absolute Gasteiger partial charge is 0.373 e. The molecule has 27 heavy (non-hydrogen) atoms. The van der Waals surface area contributed by atoms with Gasteiger partial charge < -0.3 is 14.5 Å². The molecule has 0 aliphatic carbocycles. The molecule has 4 rings (SSSR count). The first-order valence-electron chi connectivity index (χ1n) is 9.95. The minimum Gasteiger partial charge on any atom is -0.373 e. The van der Waals surface area contributed by atoms with Crippen molar-refractivity contribution in [3.05, 3.63) is 59.8 Å². The Morgan fingerprint density at radius 2 is 1.78 bits per heavy atom. The molecule has 0 saturated carbocycles. The SMILES string of the molecule is O=C(c1ccnc(N2CCC(OCc3ccccc3)CC2)c1)N1CCCC1. The van der Waals surface area contributed by atoms with Crippen LogP contribution in [-0.4, -0.2) is 48.1 Å². The molecule has 1 aromatic heterocycles. The second-order valence-corrected chi connectivity index (χ2v) is 7.39. The van der Waals surface area contributed by atoms with E-state index in [-0.39, 0.29) is 12.0 Å². The Kier molecular flexibility index (Phi) is 5.68. The first-order valence-corrected chi connectivity index (χ1v) is 9.95. The Morgan fingerprint density at radius 1 is 1.04 bits per heavy atom. The second-order valence-electron chi connectivity index (χ2n) is 7.39. The molecule has 2 aliphatic heterocycles. The Bertz CT molecular complexity index is 751. The van der Waals surface area contributed by atoms with Gasteiger partial charge in [0.1, 0.15) is 5.82 Å². The van der Waals surface area contributed by atoms with Crippen LogP contribution in [0.15, 0.2) is 48.7 Å². The molecular formula is C22H27N3O2. The first-order chi connectivity index (χ1) is 13.3. The zero-order valence-corrected chi connectivity index (χ0v) is 15.7. The van der Waals surface area contributed by atoms with E-state index >= 15 is 0 Å². The van der Waals surface area contributed by atoms with Crippen LogP contribution in [0.4, 0.5) is 5.82 Å². The Hall–Kier alpha value is -2.40. The average molecular weight is 365 g/mol. The summed E-state index contributed by atoms with van der Waals surface area (Å²) in [5.74, 6) is 1.04. The number of carbonyl (C=O) groups is 1. The van der Waals surface area contributed by atoms with Gasteiger partial charge in [0, 0.05) is 37.9 Å². The monoisotopic (exact) mass is 365 g/mol. The topological polar surface area (TPSA) is 45.7 Å². The molecule has 0 spiro atoms. The van der Waals surface area contributed by atoms with Crippen molar-refractivity contribution in [3.63, 3.8) is 0 Å². The number of rotatable bonds is 5. The van der Waals surface area contributed by atoms with Gasteiger partial charge in [-0.15, -0.1) is 0 Å². The predicted molar refractivity (Wildman–Crippen MR) is 106 cm³/mol. The van der Waals surface area contributed by atoms with E-state index in [1.165, 1.54) is 5.56 Å². The van der Waals surface area contributed by atoms with Gasteiger partial charge in [0.15, 0.2) is 0 Å². The summed E-state index contributed by atoms with van der Waals surface area (Å²) in [6.07, 6.45) is 6.24. The Labute approximate surface area is 161 Å². The normalized spacial score (nSPS) is 18.1. The molecule has 0 atom stereocenters. The molecule has 1 aromatic carbocycles. The van der Waals surface area contributed by atoms with Crippen LogP contribution >= 0.6 is 0 Å². The molecule has 1 amide bonds. The zero-order valence-electron chi connectivity index (χ0n) is 15.7. The molecule has 0 radical (unpaired) electrons. The van der Waals surface area contributed by atoms with E-state index in [0.717, 1.165) is 63.2 Å². The molecule has 2 aromatic rings. The van der Waals surface area contributed by atoms with E-state index in [1.54, 1.807) is 6.20 Å². The first kappa shape index (κ1) is 18.0. The summed E-state index contributed by atoms with van der Waals surface area (Å²) in [5.41, 5.74) is 1.97. The highest BCUT2D eigenvalue weighted by Gasteiger charge is 2.23. The lowest BCUT2D eigenvalue weighted by molar-refractivity contribution is 0.0250. The summed E-state index contributed by atoms with van der Waals surface area (Å²) >= 11 is 0. The van der Waals surface area contributed by atoms with Crippen molar-refractivity contribution in [2.45, 2.75) is 38.4 Å². The van der Waals surface area contributed by atoms with Crippen molar-refractivity contribution in [1.29, 1.82) is 0 Å². The van der Waals surface area contributed by atoms with E-state index in [1.807, 2.05) is 35.2 Å². The van der Waals surface area contributed by atoms with Crippen molar-refractivity contribution >= 4 is 11.7 Å². The minimum atomic E-state index is 0.136. The van der Waals surface area contributed by atoms with Crippen LogP contribution in [0.25, 0.3) is 0 Å². The molecule has 3 heterocycles. The van der Waals surface area contributed by atoms with Gasteiger partial charge in [-0.1, -0.05) is 30.3 Å². The van der Waals surface area contributed by atoms with Gasteiger partial charge in [-0.2, -0.15) is 0 Å². The number of carbonyl (C=O) groups excluding carboxylic acids is 1. The maximum atomic E-state index is 12.6. The third kappa shape index (κ3) is 4.48. The molecule has 0 unspecified atom stereocenters. The van der Waals surface area contributed by atoms with Gasteiger partial charge in [0.05, 0.1) is 12.7 Å². The number of likely N-dealkylation sites (tertiary alicyclic amines) is 1. The van der Waals surface area contributed by atoms with Crippen molar-refractivity contribution in [2.24, 2.45) is 0 Å². The molecule has 2 aliphatic rings. The van der Waals surface area contributed by atoms with Crippen LogP contribution in [-0.2, 0) is 11.3 Å². The fourth-order valence-electron chi connectivity index (χ4n) is 3.87. The van der Waals surface area contributed by atoms with Crippen LogP contribution in [0.2, 0.25) is 0 Å². The third-order valence-electron chi connectivity index (χ3n) is 5.48. The highest BCUT2D eigenvalue weighted by molar-refractivity contribution is 5.95. The molecule has 2 saturated heterocycles. The Balaban J connectivity index is 1.31. The van der Waals surface area contributed by atoms with Gasteiger partial charge in [0.2, 0.25) is 0 Å². The maximum Gasteiger partial charge on any atom is 0.254 e. The molecular weight excluding hydrogens is 338 g/mol. The summed E-state index contributed by atoms with van der Waals surface area (Å²) in [6.45, 7) is 4.24. The van der Waals surface area contributed by atoms with Crippen LogP contribution in [0.1, 0.15) is 41.6 Å².